The first-order chi connectivity index (χ1) is 19.1. The number of carbonyl (C=O) groups is 3. The van der Waals surface area contributed by atoms with E-state index >= 15 is 0 Å². The lowest BCUT2D eigenvalue weighted by molar-refractivity contribution is -0.160. The van der Waals surface area contributed by atoms with Crippen LogP contribution in [0.15, 0.2) is 48.5 Å². The molecule has 10 nitrogen and oxygen atoms in total. The number of benzene rings is 2. The summed E-state index contributed by atoms with van der Waals surface area (Å²) in [7, 11) is 0. The van der Waals surface area contributed by atoms with Crippen molar-refractivity contribution in [1.29, 1.82) is 0 Å². The SMILES string of the molecule is CCOC(CN(CC)C(=O)C(Cc1ccc(F)c(F)c1)NC(=O)C(CN)N(Cc1ccccc1)C(=O)O)OCC. The predicted molar refractivity (Wildman–Crippen MR) is 144 cm³/mol. The van der Waals surface area contributed by atoms with Crippen molar-refractivity contribution in [3.8, 4) is 0 Å². The molecule has 0 heterocycles. The van der Waals surface area contributed by atoms with Gasteiger partial charge in [-0.15, -0.1) is 0 Å². The molecule has 3 amide bonds. The summed E-state index contributed by atoms with van der Waals surface area (Å²) in [6.07, 6.45) is -2.28. The molecule has 0 saturated carbocycles. The number of carbonyl (C=O) groups excluding carboxylic acids is 2. The Morgan fingerprint density at radius 1 is 0.975 bits per heavy atom. The van der Waals surface area contributed by atoms with Gasteiger partial charge in [-0.25, -0.2) is 13.6 Å². The fourth-order valence-electron chi connectivity index (χ4n) is 4.14. The molecular weight excluding hydrogens is 526 g/mol. The maximum absolute atomic E-state index is 14.0. The monoisotopic (exact) mass is 564 g/mol. The third-order valence-electron chi connectivity index (χ3n) is 6.15. The lowest BCUT2D eigenvalue weighted by Gasteiger charge is -2.32. The first-order valence-electron chi connectivity index (χ1n) is 13.1. The van der Waals surface area contributed by atoms with E-state index in [-0.39, 0.29) is 38.2 Å². The van der Waals surface area contributed by atoms with Crippen molar-refractivity contribution in [3.63, 3.8) is 0 Å². The van der Waals surface area contributed by atoms with Crippen LogP contribution in [-0.4, -0.2) is 84.0 Å². The number of rotatable bonds is 16. The Morgan fingerprint density at radius 3 is 2.15 bits per heavy atom. The Morgan fingerprint density at radius 2 is 1.62 bits per heavy atom. The maximum atomic E-state index is 14.0. The van der Waals surface area contributed by atoms with Gasteiger partial charge in [0, 0.05) is 39.3 Å². The molecule has 0 fully saturated rings. The first-order valence-corrected chi connectivity index (χ1v) is 13.1. The van der Waals surface area contributed by atoms with Crippen molar-refractivity contribution in [2.75, 3.05) is 32.8 Å². The van der Waals surface area contributed by atoms with Crippen molar-refractivity contribution in [2.24, 2.45) is 5.73 Å². The van der Waals surface area contributed by atoms with E-state index in [0.717, 1.165) is 17.0 Å². The van der Waals surface area contributed by atoms with E-state index in [4.69, 9.17) is 15.2 Å². The van der Waals surface area contributed by atoms with Crippen LogP contribution in [0.25, 0.3) is 0 Å². The highest BCUT2D eigenvalue weighted by Gasteiger charge is 2.34. The molecule has 2 unspecified atom stereocenters. The number of hydrogen-bond acceptors (Lipinski definition) is 6. The van der Waals surface area contributed by atoms with Crippen molar-refractivity contribution < 1.29 is 37.7 Å². The summed E-state index contributed by atoms with van der Waals surface area (Å²) in [4.78, 5) is 41.5. The number of halogens is 2. The number of amides is 3. The van der Waals surface area contributed by atoms with E-state index in [0.29, 0.717) is 18.8 Å². The highest BCUT2D eigenvalue weighted by molar-refractivity contribution is 5.91. The van der Waals surface area contributed by atoms with Gasteiger partial charge in [0.1, 0.15) is 12.1 Å². The van der Waals surface area contributed by atoms with Gasteiger partial charge >= 0.3 is 6.09 Å². The van der Waals surface area contributed by atoms with Gasteiger partial charge in [0.25, 0.3) is 0 Å². The molecule has 0 aliphatic carbocycles. The summed E-state index contributed by atoms with van der Waals surface area (Å²) in [5, 5.41) is 12.5. The number of carboxylic acid groups (broad SMARTS) is 1. The summed E-state index contributed by atoms with van der Waals surface area (Å²) < 4.78 is 38.6. The summed E-state index contributed by atoms with van der Waals surface area (Å²) in [6, 6.07) is 9.28. The molecule has 0 aliphatic rings. The van der Waals surface area contributed by atoms with Crippen LogP contribution in [0.5, 0.6) is 0 Å². The highest BCUT2D eigenvalue weighted by atomic mass is 19.2. The molecule has 2 aromatic carbocycles. The van der Waals surface area contributed by atoms with Gasteiger partial charge < -0.3 is 30.5 Å². The zero-order chi connectivity index (χ0) is 29.7. The van der Waals surface area contributed by atoms with Crippen molar-refractivity contribution >= 4 is 17.9 Å². The fraction of sp³-hybridized carbons (Fsp3) is 0.464. The molecule has 40 heavy (non-hydrogen) atoms. The molecule has 0 saturated heterocycles. The smallest absolute Gasteiger partial charge is 0.408 e. The lowest BCUT2D eigenvalue weighted by atomic mass is 10.0. The molecule has 0 bridgehead atoms. The molecule has 220 valence electrons. The third-order valence-corrected chi connectivity index (χ3v) is 6.15. The van der Waals surface area contributed by atoms with Gasteiger partial charge in [0.05, 0.1) is 6.54 Å². The van der Waals surface area contributed by atoms with E-state index in [2.05, 4.69) is 5.32 Å². The van der Waals surface area contributed by atoms with Crippen LogP contribution < -0.4 is 11.1 Å². The molecule has 4 N–H and O–H groups in total. The standard InChI is InChI=1S/C28H38F2N4O6/c1-4-33(18-25(39-5-2)40-6-3)27(36)23(15-20-12-13-21(29)22(30)14-20)32-26(35)24(16-31)34(28(37)38)17-19-10-8-7-9-11-19/h7-14,23-25H,4-6,15-18,31H2,1-3H3,(H,32,35)(H,37,38). The molecule has 0 spiro atoms. The van der Waals surface area contributed by atoms with Crippen molar-refractivity contribution in [1.82, 2.24) is 15.1 Å². The summed E-state index contributed by atoms with van der Waals surface area (Å²) in [5.74, 6) is -3.49. The Balaban J connectivity index is 2.36. The van der Waals surface area contributed by atoms with Crippen LogP contribution in [-0.2, 0) is 32.0 Å². The molecule has 2 aromatic rings. The van der Waals surface area contributed by atoms with Gasteiger partial charge in [-0.1, -0.05) is 36.4 Å². The van der Waals surface area contributed by atoms with Gasteiger partial charge in [-0.2, -0.15) is 0 Å². The molecular formula is C28H38F2N4O6. The zero-order valence-electron chi connectivity index (χ0n) is 23.0. The minimum absolute atomic E-state index is 0.0523. The summed E-state index contributed by atoms with van der Waals surface area (Å²) in [5.41, 5.74) is 6.73. The van der Waals surface area contributed by atoms with Gasteiger partial charge in [0.15, 0.2) is 17.9 Å². The second-order valence-corrected chi connectivity index (χ2v) is 8.88. The maximum Gasteiger partial charge on any atom is 0.408 e. The number of nitrogens with one attached hydrogen (secondary N) is 1. The molecule has 0 radical (unpaired) electrons. The normalized spacial score (nSPS) is 12.6. The predicted octanol–water partition coefficient (Wildman–Crippen LogP) is 2.75. The van der Waals surface area contributed by atoms with Gasteiger partial charge in [0.2, 0.25) is 11.8 Å². The molecule has 0 aromatic heterocycles. The Kier molecular flexibility index (Phi) is 13.4. The average molecular weight is 565 g/mol. The van der Waals surface area contributed by atoms with Crippen LogP contribution in [0.2, 0.25) is 0 Å². The molecule has 2 atom stereocenters. The van der Waals surface area contributed by atoms with E-state index in [9.17, 15) is 28.3 Å². The Bertz CT molecular complexity index is 1100. The first kappa shape index (κ1) is 32.6. The fourth-order valence-corrected chi connectivity index (χ4v) is 4.14. The average Bonchev–Trinajstić information content (AvgIpc) is 2.93. The van der Waals surface area contributed by atoms with Crippen LogP contribution in [0.4, 0.5) is 13.6 Å². The lowest BCUT2D eigenvalue weighted by Crippen LogP contribution is -2.58. The van der Waals surface area contributed by atoms with E-state index in [1.165, 1.54) is 11.0 Å². The topological polar surface area (TPSA) is 134 Å². The number of nitrogens with two attached hydrogens (primary N) is 1. The summed E-state index contributed by atoms with van der Waals surface area (Å²) in [6.45, 7) is 5.81. The van der Waals surface area contributed by atoms with Crippen molar-refractivity contribution in [3.05, 3.63) is 71.3 Å². The number of ether oxygens (including phenoxy) is 2. The molecule has 2 rings (SSSR count). The van der Waals surface area contributed by atoms with Crippen LogP contribution in [0.1, 0.15) is 31.9 Å². The van der Waals surface area contributed by atoms with Crippen LogP contribution >= 0.6 is 0 Å². The third kappa shape index (κ3) is 9.54. The van der Waals surface area contributed by atoms with Crippen molar-refractivity contribution in [2.45, 2.75) is 52.1 Å². The minimum Gasteiger partial charge on any atom is -0.465 e. The van der Waals surface area contributed by atoms with E-state index < -0.39 is 47.9 Å². The van der Waals surface area contributed by atoms with Crippen LogP contribution in [0, 0.1) is 11.6 Å². The van der Waals surface area contributed by atoms with E-state index in [1.54, 1.807) is 51.1 Å². The minimum atomic E-state index is -1.37. The number of likely N-dealkylation sites (N-methyl/N-ethyl adjacent to an activating group) is 1. The molecule has 12 heteroatoms. The largest absolute Gasteiger partial charge is 0.465 e. The van der Waals surface area contributed by atoms with E-state index in [1.807, 2.05) is 0 Å². The number of hydrogen-bond donors (Lipinski definition) is 3. The Hall–Kier alpha value is -3.61. The van der Waals surface area contributed by atoms with Crippen LogP contribution in [0.3, 0.4) is 0 Å². The second-order valence-electron chi connectivity index (χ2n) is 8.88. The number of nitrogens with zero attached hydrogens (tertiary/aromatic N) is 2. The van der Waals surface area contributed by atoms with Gasteiger partial charge in [-0.05, 0) is 44.0 Å². The quantitative estimate of drug-likeness (QED) is 0.267. The zero-order valence-corrected chi connectivity index (χ0v) is 23.0. The Labute approximate surface area is 233 Å². The molecule has 0 aliphatic heterocycles. The summed E-state index contributed by atoms with van der Waals surface area (Å²) >= 11 is 0. The highest BCUT2D eigenvalue weighted by Crippen LogP contribution is 2.14. The van der Waals surface area contributed by atoms with Gasteiger partial charge in [-0.3, -0.25) is 14.5 Å². The second kappa shape index (κ2) is 16.5.